The Morgan fingerprint density at radius 1 is 1.20 bits per heavy atom. The van der Waals surface area contributed by atoms with Gasteiger partial charge in [0, 0.05) is 11.9 Å². The first-order valence-corrected chi connectivity index (χ1v) is 10.5. The molecule has 0 aliphatic carbocycles. The monoisotopic (exact) mass is 450 g/mol. The largest absolute Gasteiger partial charge is 0.455 e. The number of carbonyl (C=O) groups is 2. The third kappa shape index (κ3) is 5.80. The zero-order valence-corrected chi connectivity index (χ0v) is 17.3. The maximum Gasteiger partial charge on any atom is 0.341 e. The molecule has 1 N–H and O–H groups in total. The lowest BCUT2D eigenvalue weighted by molar-refractivity contribution is 0.0466. The molecule has 7 nitrogen and oxygen atoms in total. The number of amides is 1. The molecular formula is C19H16F2N4O3S2. The van der Waals surface area contributed by atoms with Gasteiger partial charge in [-0.2, -0.15) is 8.78 Å². The van der Waals surface area contributed by atoms with Crippen molar-refractivity contribution in [3.8, 4) is 0 Å². The Kier molecular flexibility index (Phi) is 7.41. The van der Waals surface area contributed by atoms with Gasteiger partial charge < -0.3 is 10.1 Å². The summed E-state index contributed by atoms with van der Waals surface area (Å²) in [5.74, 6) is -3.96. The van der Waals surface area contributed by atoms with Crippen molar-refractivity contribution in [3.63, 3.8) is 0 Å². The summed E-state index contributed by atoms with van der Waals surface area (Å²) in [5, 5.41) is 10.6. The summed E-state index contributed by atoms with van der Waals surface area (Å²) in [4.78, 5) is 28.3. The first-order chi connectivity index (χ1) is 14.5. The molecule has 2 heterocycles. The molecule has 1 amide bonds. The highest BCUT2D eigenvalue weighted by molar-refractivity contribution is 7.99. The van der Waals surface area contributed by atoms with Gasteiger partial charge in [-0.05, 0) is 48.0 Å². The Labute approximate surface area is 178 Å². The number of esters is 1. The number of ether oxygens (including phenoxy) is 1. The van der Waals surface area contributed by atoms with Crippen molar-refractivity contribution in [2.75, 3.05) is 5.32 Å². The van der Waals surface area contributed by atoms with E-state index in [-0.39, 0.29) is 34.0 Å². The Hall–Kier alpha value is -2.92. The second-order valence-corrected chi connectivity index (χ2v) is 7.86. The highest BCUT2D eigenvalue weighted by atomic mass is 32.2. The van der Waals surface area contributed by atoms with E-state index in [9.17, 15) is 18.4 Å². The van der Waals surface area contributed by atoms with E-state index in [1.807, 2.05) is 19.1 Å². The van der Waals surface area contributed by atoms with Crippen molar-refractivity contribution in [1.82, 2.24) is 15.2 Å². The van der Waals surface area contributed by atoms with E-state index >= 15 is 0 Å². The Morgan fingerprint density at radius 2 is 1.97 bits per heavy atom. The Bertz CT molecular complexity index is 1030. The lowest BCUT2D eigenvalue weighted by Gasteiger charge is -2.06. The van der Waals surface area contributed by atoms with Crippen LogP contribution in [0.15, 0.2) is 47.6 Å². The Balaban J connectivity index is 1.59. The molecule has 3 rings (SSSR count). The van der Waals surface area contributed by atoms with E-state index in [4.69, 9.17) is 4.74 Å². The van der Waals surface area contributed by atoms with Gasteiger partial charge in [-0.1, -0.05) is 30.4 Å². The minimum Gasteiger partial charge on any atom is -0.455 e. The van der Waals surface area contributed by atoms with Crippen LogP contribution in [0.4, 0.5) is 14.5 Å². The number of thioether (sulfide) groups is 1. The van der Waals surface area contributed by atoms with Gasteiger partial charge in [0.15, 0.2) is 5.01 Å². The normalized spacial score (nSPS) is 10.8. The average Bonchev–Trinajstić information content (AvgIpc) is 3.22. The number of pyridine rings is 1. The molecule has 0 bridgehead atoms. The summed E-state index contributed by atoms with van der Waals surface area (Å²) >= 11 is 1.13. The van der Waals surface area contributed by atoms with Crippen LogP contribution < -0.4 is 5.32 Å². The standard InChI is InChI=1S/C19H16F2N4O3S2/c1-2-11-5-7-12(8-6-11)23-15(26)17-25-24-14(29-17)10-28-18(27)13-4-3-9-22-16(13)30-19(20)21/h3-9,19H,2,10H2,1H3,(H,23,26). The van der Waals surface area contributed by atoms with E-state index < -0.39 is 17.6 Å². The number of benzene rings is 1. The topological polar surface area (TPSA) is 94.1 Å². The maximum atomic E-state index is 12.6. The van der Waals surface area contributed by atoms with Crippen molar-refractivity contribution in [1.29, 1.82) is 0 Å². The van der Waals surface area contributed by atoms with Crippen LogP contribution in [0.5, 0.6) is 0 Å². The number of rotatable bonds is 8. The van der Waals surface area contributed by atoms with Crippen LogP contribution in [-0.4, -0.2) is 32.8 Å². The summed E-state index contributed by atoms with van der Waals surface area (Å²) in [6.07, 6.45) is 2.21. The minimum absolute atomic E-state index is 0.0687. The molecule has 156 valence electrons. The molecule has 0 saturated carbocycles. The van der Waals surface area contributed by atoms with Crippen molar-refractivity contribution < 1.29 is 23.1 Å². The van der Waals surface area contributed by atoms with Gasteiger partial charge in [-0.15, -0.1) is 10.2 Å². The van der Waals surface area contributed by atoms with Crippen LogP contribution in [0.2, 0.25) is 0 Å². The highest BCUT2D eigenvalue weighted by Gasteiger charge is 2.19. The molecule has 0 spiro atoms. The zero-order chi connectivity index (χ0) is 21.5. The molecule has 0 aliphatic rings. The van der Waals surface area contributed by atoms with Crippen molar-refractivity contribution in [2.45, 2.75) is 30.7 Å². The molecule has 1 aromatic carbocycles. The van der Waals surface area contributed by atoms with E-state index in [0.29, 0.717) is 10.7 Å². The third-order valence-electron chi connectivity index (χ3n) is 3.80. The number of carbonyl (C=O) groups excluding carboxylic acids is 2. The molecule has 3 aromatic rings. The summed E-state index contributed by atoms with van der Waals surface area (Å²) in [6, 6.07) is 10.2. The first kappa shape index (κ1) is 21.8. The summed E-state index contributed by atoms with van der Waals surface area (Å²) in [7, 11) is 0. The van der Waals surface area contributed by atoms with Gasteiger partial charge in [-0.25, -0.2) is 9.78 Å². The molecule has 0 unspecified atom stereocenters. The van der Waals surface area contributed by atoms with Crippen molar-refractivity contribution in [3.05, 3.63) is 63.7 Å². The lowest BCUT2D eigenvalue weighted by atomic mass is 10.1. The SMILES string of the molecule is CCc1ccc(NC(=O)c2nnc(COC(=O)c3cccnc3SC(F)F)s2)cc1. The number of halogens is 2. The van der Waals surface area contributed by atoms with Crippen LogP contribution in [-0.2, 0) is 17.8 Å². The second kappa shape index (κ2) is 10.2. The summed E-state index contributed by atoms with van der Waals surface area (Å²) in [6.45, 7) is 1.79. The fourth-order valence-electron chi connectivity index (χ4n) is 2.34. The second-order valence-electron chi connectivity index (χ2n) is 5.82. The fourth-order valence-corrected chi connectivity index (χ4v) is 3.56. The molecule has 0 aliphatic heterocycles. The van der Waals surface area contributed by atoms with Gasteiger partial charge in [0.2, 0.25) is 5.01 Å². The molecular weight excluding hydrogens is 434 g/mol. The predicted molar refractivity (Wildman–Crippen MR) is 109 cm³/mol. The first-order valence-electron chi connectivity index (χ1n) is 8.76. The molecule has 30 heavy (non-hydrogen) atoms. The number of nitrogens with zero attached hydrogens (tertiary/aromatic N) is 3. The lowest BCUT2D eigenvalue weighted by Crippen LogP contribution is -2.11. The third-order valence-corrected chi connectivity index (χ3v) is 5.42. The van der Waals surface area contributed by atoms with Crippen LogP contribution in [0, 0.1) is 0 Å². The molecule has 0 fully saturated rings. The van der Waals surface area contributed by atoms with Gasteiger partial charge in [0.25, 0.3) is 11.7 Å². The quantitative estimate of drug-likeness (QED) is 0.401. The number of alkyl halides is 2. The smallest absolute Gasteiger partial charge is 0.341 e. The number of anilines is 1. The number of aromatic nitrogens is 3. The maximum absolute atomic E-state index is 12.6. The fraction of sp³-hybridized carbons (Fsp3) is 0.211. The van der Waals surface area contributed by atoms with Gasteiger partial charge in [-0.3, -0.25) is 4.79 Å². The predicted octanol–water partition coefficient (Wildman–Crippen LogP) is 4.42. The number of aryl methyl sites for hydroxylation is 1. The van der Waals surface area contributed by atoms with E-state index in [1.165, 1.54) is 18.3 Å². The molecule has 0 radical (unpaired) electrons. The molecule has 0 saturated heterocycles. The number of hydrogen-bond acceptors (Lipinski definition) is 8. The summed E-state index contributed by atoms with van der Waals surface area (Å²) in [5.41, 5.74) is 1.71. The minimum atomic E-state index is -2.71. The number of hydrogen-bond donors (Lipinski definition) is 1. The van der Waals surface area contributed by atoms with Crippen LogP contribution in [0.25, 0.3) is 0 Å². The molecule has 0 atom stereocenters. The Morgan fingerprint density at radius 3 is 2.67 bits per heavy atom. The molecule has 11 heteroatoms. The van der Waals surface area contributed by atoms with E-state index in [0.717, 1.165) is 23.3 Å². The zero-order valence-electron chi connectivity index (χ0n) is 15.7. The van der Waals surface area contributed by atoms with Crippen LogP contribution in [0.1, 0.15) is 37.7 Å². The van der Waals surface area contributed by atoms with Gasteiger partial charge in [0.1, 0.15) is 11.6 Å². The average molecular weight is 450 g/mol. The van der Waals surface area contributed by atoms with E-state index in [1.54, 1.807) is 12.1 Å². The van der Waals surface area contributed by atoms with Crippen LogP contribution >= 0.6 is 23.1 Å². The van der Waals surface area contributed by atoms with Gasteiger partial charge >= 0.3 is 5.97 Å². The van der Waals surface area contributed by atoms with E-state index in [2.05, 4.69) is 20.5 Å². The summed E-state index contributed by atoms with van der Waals surface area (Å²) < 4.78 is 30.3. The van der Waals surface area contributed by atoms with Crippen LogP contribution in [0.3, 0.4) is 0 Å². The molecule has 2 aromatic heterocycles. The van der Waals surface area contributed by atoms with Crippen molar-refractivity contribution >= 4 is 40.7 Å². The van der Waals surface area contributed by atoms with Crippen molar-refractivity contribution in [2.24, 2.45) is 0 Å². The highest BCUT2D eigenvalue weighted by Crippen LogP contribution is 2.27. The van der Waals surface area contributed by atoms with Gasteiger partial charge in [0.05, 0.1) is 5.56 Å². The number of nitrogens with one attached hydrogen (secondary N) is 1.